The number of ether oxygens (including phenoxy) is 1. The number of carbonyl (C=O) groups is 1. The van der Waals surface area contributed by atoms with Crippen LogP contribution < -0.4 is 10.2 Å². The van der Waals surface area contributed by atoms with Crippen molar-refractivity contribution in [3.8, 4) is 0 Å². The molecule has 8 heteroatoms. The van der Waals surface area contributed by atoms with Crippen LogP contribution in [-0.4, -0.2) is 40.7 Å². The lowest BCUT2D eigenvalue weighted by atomic mass is 10.1. The van der Waals surface area contributed by atoms with Gasteiger partial charge in [0.15, 0.2) is 0 Å². The van der Waals surface area contributed by atoms with Crippen LogP contribution in [0.4, 0.5) is 16.2 Å². The van der Waals surface area contributed by atoms with Gasteiger partial charge in [0.1, 0.15) is 11.3 Å². The molecule has 0 bridgehead atoms. The van der Waals surface area contributed by atoms with E-state index in [0.717, 1.165) is 12.8 Å². The number of nitrogens with zero attached hydrogens (tertiary/aromatic N) is 3. The maximum absolute atomic E-state index is 11.9. The van der Waals surface area contributed by atoms with Crippen LogP contribution in [0.1, 0.15) is 33.6 Å². The van der Waals surface area contributed by atoms with Crippen molar-refractivity contribution in [3.63, 3.8) is 0 Å². The summed E-state index contributed by atoms with van der Waals surface area (Å²) in [5.74, 6) is 0. The summed E-state index contributed by atoms with van der Waals surface area (Å²) < 4.78 is 5.25. The van der Waals surface area contributed by atoms with Crippen LogP contribution in [0.25, 0.3) is 0 Å². The number of alkyl carbamates (subject to hydrolysis) is 1. The first kappa shape index (κ1) is 17.0. The first-order valence-corrected chi connectivity index (χ1v) is 7.59. The maximum atomic E-state index is 11.9. The SMILES string of the molecule is CC(C)(C)OC(=O)N[C@@H]1CCCN(c2cnccc2[N+](=O)[O-])C1. The van der Waals surface area contributed by atoms with Gasteiger partial charge in [0.05, 0.1) is 11.1 Å². The second-order valence-electron chi connectivity index (χ2n) is 6.55. The van der Waals surface area contributed by atoms with Crippen molar-refractivity contribution < 1.29 is 14.5 Å². The first-order valence-electron chi connectivity index (χ1n) is 7.59. The summed E-state index contributed by atoms with van der Waals surface area (Å²) in [5.41, 5.74) is -0.0493. The molecule has 1 amide bonds. The molecule has 1 atom stereocenters. The lowest BCUT2D eigenvalue weighted by Gasteiger charge is -2.34. The van der Waals surface area contributed by atoms with Crippen LogP contribution >= 0.6 is 0 Å². The van der Waals surface area contributed by atoms with Gasteiger partial charge in [0, 0.05) is 31.4 Å². The number of aromatic nitrogens is 1. The third kappa shape index (κ3) is 4.80. The third-order valence-corrected chi connectivity index (χ3v) is 3.46. The van der Waals surface area contributed by atoms with Gasteiger partial charge in [-0.05, 0) is 33.6 Å². The minimum absolute atomic E-state index is 0.0259. The van der Waals surface area contributed by atoms with Gasteiger partial charge in [-0.3, -0.25) is 15.1 Å². The first-order chi connectivity index (χ1) is 10.8. The van der Waals surface area contributed by atoms with Crippen LogP contribution in [0.5, 0.6) is 0 Å². The van der Waals surface area contributed by atoms with E-state index in [0.29, 0.717) is 18.8 Å². The largest absolute Gasteiger partial charge is 0.444 e. The fourth-order valence-electron chi connectivity index (χ4n) is 2.56. The van der Waals surface area contributed by atoms with Crippen molar-refractivity contribution in [3.05, 3.63) is 28.6 Å². The summed E-state index contributed by atoms with van der Waals surface area (Å²) in [7, 11) is 0. The Morgan fingerprint density at radius 3 is 2.91 bits per heavy atom. The van der Waals surface area contributed by atoms with Gasteiger partial charge < -0.3 is 15.0 Å². The molecule has 1 aromatic rings. The van der Waals surface area contributed by atoms with Gasteiger partial charge in [-0.1, -0.05) is 0 Å². The summed E-state index contributed by atoms with van der Waals surface area (Å²) in [5, 5.41) is 14.0. The number of amides is 1. The monoisotopic (exact) mass is 322 g/mol. The minimum atomic E-state index is -0.555. The van der Waals surface area contributed by atoms with Crippen molar-refractivity contribution in [2.24, 2.45) is 0 Å². The van der Waals surface area contributed by atoms with Gasteiger partial charge in [0.25, 0.3) is 5.69 Å². The second kappa shape index (κ2) is 6.80. The highest BCUT2D eigenvalue weighted by Crippen LogP contribution is 2.29. The third-order valence-electron chi connectivity index (χ3n) is 3.46. The van der Waals surface area contributed by atoms with Crippen LogP contribution in [0, 0.1) is 10.1 Å². The van der Waals surface area contributed by atoms with Crippen molar-refractivity contribution in [1.29, 1.82) is 0 Å². The molecule has 0 aliphatic carbocycles. The van der Waals surface area contributed by atoms with Crippen molar-refractivity contribution in [2.75, 3.05) is 18.0 Å². The Hall–Kier alpha value is -2.38. The van der Waals surface area contributed by atoms with E-state index in [1.165, 1.54) is 18.5 Å². The molecule has 0 saturated carbocycles. The zero-order valence-electron chi connectivity index (χ0n) is 13.6. The highest BCUT2D eigenvalue weighted by molar-refractivity contribution is 5.68. The average Bonchev–Trinajstić information content (AvgIpc) is 2.45. The van der Waals surface area contributed by atoms with Crippen LogP contribution in [-0.2, 0) is 4.74 Å². The summed E-state index contributed by atoms with van der Waals surface area (Å²) >= 11 is 0. The number of hydrogen-bond acceptors (Lipinski definition) is 6. The Morgan fingerprint density at radius 1 is 1.52 bits per heavy atom. The van der Waals surface area contributed by atoms with Crippen molar-refractivity contribution in [2.45, 2.75) is 45.3 Å². The number of nitro groups is 1. The number of nitrogens with one attached hydrogen (secondary N) is 1. The topological polar surface area (TPSA) is 97.6 Å². The van der Waals surface area contributed by atoms with E-state index < -0.39 is 16.6 Å². The summed E-state index contributed by atoms with van der Waals surface area (Å²) in [6, 6.07) is 1.28. The predicted molar refractivity (Wildman–Crippen MR) is 85.5 cm³/mol. The van der Waals surface area contributed by atoms with E-state index in [-0.39, 0.29) is 11.7 Å². The fourth-order valence-corrected chi connectivity index (χ4v) is 2.56. The molecule has 2 heterocycles. The van der Waals surface area contributed by atoms with E-state index in [9.17, 15) is 14.9 Å². The van der Waals surface area contributed by atoms with Crippen molar-refractivity contribution >= 4 is 17.5 Å². The van der Waals surface area contributed by atoms with E-state index in [4.69, 9.17) is 4.74 Å². The van der Waals surface area contributed by atoms with E-state index in [1.54, 1.807) is 20.8 Å². The van der Waals surface area contributed by atoms with Crippen LogP contribution in [0.3, 0.4) is 0 Å². The molecule has 0 aromatic carbocycles. The Kier molecular flexibility index (Phi) is 5.02. The molecule has 2 rings (SSSR count). The van der Waals surface area contributed by atoms with Gasteiger partial charge in [-0.25, -0.2) is 4.79 Å². The molecule has 1 aromatic heterocycles. The molecule has 0 unspecified atom stereocenters. The zero-order chi connectivity index (χ0) is 17.0. The normalized spacial score (nSPS) is 18.4. The summed E-state index contributed by atoms with van der Waals surface area (Å²) in [6.07, 6.45) is 4.07. The number of hydrogen-bond donors (Lipinski definition) is 1. The molecule has 1 N–H and O–H groups in total. The highest BCUT2D eigenvalue weighted by Gasteiger charge is 2.27. The molecule has 1 saturated heterocycles. The fraction of sp³-hybridized carbons (Fsp3) is 0.600. The number of anilines is 1. The Bertz CT molecular complexity index is 585. The van der Waals surface area contributed by atoms with E-state index >= 15 is 0 Å². The summed E-state index contributed by atoms with van der Waals surface area (Å²) in [4.78, 5) is 28.5. The number of pyridine rings is 1. The number of piperidine rings is 1. The van der Waals surface area contributed by atoms with Crippen LogP contribution in [0.2, 0.25) is 0 Å². The van der Waals surface area contributed by atoms with Gasteiger partial charge >= 0.3 is 6.09 Å². The molecular weight excluding hydrogens is 300 g/mol. The van der Waals surface area contributed by atoms with Gasteiger partial charge in [0.2, 0.25) is 0 Å². The quantitative estimate of drug-likeness (QED) is 0.678. The maximum Gasteiger partial charge on any atom is 0.407 e. The number of rotatable bonds is 3. The molecule has 1 aliphatic heterocycles. The molecule has 126 valence electrons. The van der Waals surface area contributed by atoms with Gasteiger partial charge in [-0.2, -0.15) is 0 Å². The molecule has 1 aliphatic rings. The molecule has 8 nitrogen and oxygen atoms in total. The Balaban J connectivity index is 2.04. The molecule has 23 heavy (non-hydrogen) atoms. The average molecular weight is 322 g/mol. The lowest BCUT2D eigenvalue weighted by molar-refractivity contribution is -0.384. The van der Waals surface area contributed by atoms with Crippen LogP contribution in [0.15, 0.2) is 18.5 Å². The van der Waals surface area contributed by atoms with Gasteiger partial charge in [-0.15, -0.1) is 0 Å². The molecule has 0 radical (unpaired) electrons. The zero-order valence-corrected chi connectivity index (χ0v) is 13.6. The Morgan fingerprint density at radius 2 is 2.26 bits per heavy atom. The lowest BCUT2D eigenvalue weighted by Crippen LogP contribution is -2.49. The van der Waals surface area contributed by atoms with E-state index in [2.05, 4.69) is 10.3 Å². The standard InChI is InChI=1S/C15H22N4O4/c1-15(2,3)23-14(20)17-11-5-4-8-18(10-11)13-9-16-7-6-12(13)19(21)22/h6-7,9,11H,4-5,8,10H2,1-3H3,(H,17,20)/t11-/m1/s1. The molecule has 0 spiro atoms. The van der Waals surface area contributed by atoms with Crippen molar-refractivity contribution in [1.82, 2.24) is 10.3 Å². The minimum Gasteiger partial charge on any atom is -0.444 e. The summed E-state index contributed by atoms with van der Waals surface area (Å²) in [6.45, 7) is 6.60. The number of carbonyl (C=O) groups excluding carboxylic acids is 1. The smallest absolute Gasteiger partial charge is 0.407 e. The second-order valence-corrected chi connectivity index (χ2v) is 6.55. The predicted octanol–water partition coefficient (Wildman–Crippen LogP) is 2.48. The Labute approximate surface area is 135 Å². The highest BCUT2D eigenvalue weighted by atomic mass is 16.6. The molecule has 1 fully saturated rings. The van der Waals surface area contributed by atoms with E-state index in [1.807, 2.05) is 4.90 Å². The molecular formula is C15H22N4O4.